The average molecular weight is 206 g/mol. The van der Waals surface area contributed by atoms with Crippen molar-refractivity contribution in [1.29, 1.82) is 0 Å². The van der Waals surface area contributed by atoms with E-state index >= 15 is 0 Å². The number of β-amino-alcohol motifs (C(OH)–C–C–N with tert-alkyl or cyclic N) is 1. The summed E-state index contributed by atoms with van der Waals surface area (Å²) in [6.07, 6.45) is -2.89. The zero-order valence-corrected chi connectivity index (χ0v) is 7.50. The van der Waals surface area contributed by atoms with Gasteiger partial charge in [-0.15, -0.1) is 0 Å². The van der Waals surface area contributed by atoms with Crippen LogP contribution in [0.25, 0.3) is 0 Å². The highest BCUT2D eigenvalue weighted by atomic mass is 16.3. The molecule has 0 radical (unpaired) electrons. The first-order chi connectivity index (χ1) is 6.61. The van der Waals surface area contributed by atoms with Gasteiger partial charge in [0, 0.05) is 0 Å². The number of hydrazine groups is 1. The van der Waals surface area contributed by atoms with E-state index in [1.807, 2.05) is 0 Å². The lowest BCUT2D eigenvalue weighted by atomic mass is 10.0. The van der Waals surface area contributed by atoms with Gasteiger partial charge in [0.05, 0.1) is 25.8 Å². The number of carbonyl (C=O) groups excluding carboxylic acids is 1. The first kappa shape index (κ1) is 11.3. The largest absolute Gasteiger partial charge is 0.395 e. The summed E-state index contributed by atoms with van der Waals surface area (Å²) in [5, 5.41) is 37.0. The Kier molecular flexibility index (Phi) is 3.78. The van der Waals surface area contributed by atoms with Gasteiger partial charge in [-0.25, -0.2) is 5.43 Å². The highest BCUT2D eigenvalue weighted by Gasteiger charge is 2.39. The molecule has 1 amide bonds. The third kappa shape index (κ3) is 2.02. The van der Waals surface area contributed by atoms with Crippen molar-refractivity contribution in [3.05, 3.63) is 0 Å². The lowest BCUT2D eigenvalue weighted by molar-refractivity contribution is -0.165. The molecule has 0 bridgehead atoms. The van der Waals surface area contributed by atoms with Gasteiger partial charge in [-0.2, -0.15) is 0 Å². The fourth-order valence-corrected chi connectivity index (χ4v) is 1.29. The van der Waals surface area contributed by atoms with Gasteiger partial charge in [0.2, 0.25) is 0 Å². The van der Waals surface area contributed by atoms with Gasteiger partial charge in [-0.1, -0.05) is 0 Å². The Hall–Kier alpha value is -0.730. The first-order valence-electron chi connectivity index (χ1n) is 4.27. The van der Waals surface area contributed by atoms with Crippen LogP contribution in [0.5, 0.6) is 0 Å². The van der Waals surface area contributed by atoms with E-state index in [1.165, 1.54) is 0 Å². The Morgan fingerprint density at radius 3 is 2.50 bits per heavy atom. The van der Waals surface area contributed by atoms with Gasteiger partial charge in [0.25, 0.3) is 5.91 Å². The standard InChI is InChI=1S/C7H14N2O5/c10-2-1-9-7(14)6(13)5(12)4(3-11)8-9/h4-6,8,10-13H,1-3H2/t4-,5+,6-/m0/s1. The van der Waals surface area contributed by atoms with E-state index in [2.05, 4.69) is 5.43 Å². The Morgan fingerprint density at radius 2 is 2.00 bits per heavy atom. The van der Waals surface area contributed by atoms with E-state index in [1.54, 1.807) is 0 Å². The lowest BCUT2D eigenvalue weighted by Crippen LogP contribution is -2.66. The Labute approximate surface area is 80.5 Å². The van der Waals surface area contributed by atoms with Crippen LogP contribution < -0.4 is 5.43 Å². The number of nitrogens with zero attached hydrogens (tertiary/aromatic N) is 1. The number of amides is 1. The Morgan fingerprint density at radius 1 is 1.36 bits per heavy atom. The van der Waals surface area contributed by atoms with E-state index < -0.39 is 30.8 Å². The van der Waals surface area contributed by atoms with Gasteiger partial charge in [0.15, 0.2) is 6.10 Å². The quantitative estimate of drug-likeness (QED) is 0.326. The maximum absolute atomic E-state index is 11.2. The average Bonchev–Trinajstić information content (AvgIpc) is 2.19. The van der Waals surface area contributed by atoms with Crippen LogP contribution >= 0.6 is 0 Å². The lowest BCUT2D eigenvalue weighted by Gasteiger charge is -2.38. The van der Waals surface area contributed by atoms with Crippen molar-refractivity contribution in [2.45, 2.75) is 18.2 Å². The molecule has 1 saturated heterocycles. The molecule has 1 aliphatic heterocycles. The monoisotopic (exact) mass is 206 g/mol. The second-order valence-corrected chi connectivity index (χ2v) is 3.07. The van der Waals surface area contributed by atoms with Crippen LogP contribution in [0.3, 0.4) is 0 Å². The maximum atomic E-state index is 11.2. The smallest absolute Gasteiger partial charge is 0.268 e. The fraction of sp³-hybridized carbons (Fsp3) is 0.857. The van der Waals surface area contributed by atoms with Gasteiger partial charge in [-0.3, -0.25) is 9.80 Å². The molecule has 3 atom stereocenters. The van der Waals surface area contributed by atoms with Crippen LogP contribution in [0.15, 0.2) is 0 Å². The molecule has 0 aliphatic carbocycles. The summed E-state index contributed by atoms with van der Waals surface area (Å²) in [5.41, 5.74) is 2.50. The molecule has 0 aromatic rings. The Bertz CT molecular complexity index is 212. The number of nitrogens with one attached hydrogen (secondary N) is 1. The second-order valence-electron chi connectivity index (χ2n) is 3.07. The predicted molar refractivity (Wildman–Crippen MR) is 44.8 cm³/mol. The van der Waals surface area contributed by atoms with Crippen LogP contribution in [0.2, 0.25) is 0 Å². The first-order valence-corrected chi connectivity index (χ1v) is 4.27. The van der Waals surface area contributed by atoms with Gasteiger partial charge < -0.3 is 20.4 Å². The van der Waals surface area contributed by atoms with Crippen LogP contribution in [0, 0.1) is 0 Å². The summed E-state index contributed by atoms with van der Waals surface area (Å²) in [6, 6.07) is -0.797. The van der Waals surface area contributed by atoms with E-state index in [9.17, 15) is 15.0 Å². The molecule has 0 unspecified atom stereocenters. The minimum Gasteiger partial charge on any atom is -0.395 e. The SMILES string of the molecule is O=C1[C@@H](O)[C@H](O)[C@H](CO)NN1CCO. The van der Waals surface area contributed by atoms with Crippen LogP contribution in [0.1, 0.15) is 0 Å². The van der Waals surface area contributed by atoms with Crippen molar-refractivity contribution in [1.82, 2.24) is 10.4 Å². The third-order valence-electron chi connectivity index (χ3n) is 2.10. The van der Waals surface area contributed by atoms with Crippen LogP contribution in [-0.4, -0.2) is 69.4 Å². The number of rotatable bonds is 3. The molecular weight excluding hydrogens is 192 g/mol. The molecule has 1 heterocycles. The van der Waals surface area contributed by atoms with E-state index in [4.69, 9.17) is 10.2 Å². The normalized spacial score (nSPS) is 33.6. The molecule has 82 valence electrons. The summed E-state index contributed by atoms with van der Waals surface area (Å²) in [7, 11) is 0. The second kappa shape index (κ2) is 4.67. The van der Waals surface area contributed by atoms with Gasteiger partial charge in [0.1, 0.15) is 6.10 Å². The number of hydrogen-bond acceptors (Lipinski definition) is 6. The number of hydrogen-bond donors (Lipinski definition) is 5. The fourth-order valence-electron chi connectivity index (χ4n) is 1.29. The topological polar surface area (TPSA) is 113 Å². The molecule has 1 rings (SSSR count). The molecule has 1 aliphatic rings. The summed E-state index contributed by atoms with van der Waals surface area (Å²) in [4.78, 5) is 11.2. The van der Waals surface area contributed by atoms with Crippen molar-refractivity contribution in [3.8, 4) is 0 Å². The maximum Gasteiger partial charge on any atom is 0.268 e. The molecule has 14 heavy (non-hydrogen) atoms. The van der Waals surface area contributed by atoms with E-state index in [0.717, 1.165) is 5.01 Å². The minimum absolute atomic E-state index is 0.000880. The summed E-state index contributed by atoms with van der Waals surface area (Å²) >= 11 is 0. The van der Waals surface area contributed by atoms with Crippen molar-refractivity contribution in [2.75, 3.05) is 19.8 Å². The number of carbonyl (C=O) groups is 1. The molecular formula is C7H14N2O5. The molecule has 7 heteroatoms. The molecule has 5 N–H and O–H groups in total. The van der Waals surface area contributed by atoms with E-state index in [-0.39, 0.29) is 13.2 Å². The molecule has 0 saturated carbocycles. The zero-order chi connectivity index (χ0) is 10.7. The zero-order valence-electron chi connectivity index (χ0n) is 7.50. The van der Waals surface area contributed by atoms with E-state index in [0.29, 0.717) is 0 Å². The molecule has 7 nitrogen and oxygen atoms in total. The summed E-state index contributed by atoms with van der Waals surface area (Å²) < 4.78 is 0. The summed E-state index contributed by atoms with van der Waals surface area (Å²) in [6.45, 7) is -0.674. The van der Waals surface area contributed by atoms with Crippen molar-refractivity contribution in [2.24, 2.45) is 0 Å². The Balaban J connectivity index is 2.68. The van der Waals surface area contributed by atoms with Crippen molar-refractivity contribution in [3.63, 3.8) is 0 Å². The minimum atomic E-state index is -1.56. The molecule has 0 spiro atoms. The highest BCUT2D eigenvalue weighted by molar-refractivity contribution is 5.81. The molecule has 0 aromatic heterocycles. The number of aliphatic hydroxyl groups is 4. The molecule has 0 aromatic carbocycles. The van der Waals surface area contributed by atoms with Crippen molar-refractivity contribution < 1.29 is 25.2 Å². The van der Waals surface area contributed by atoms with Crippen molar-refractivity contribution >= 4 is 5.91 Å². The predicted octanol–water partition coefficient (Wildman–Crippen LogP) is -3.59. The van der Waals surface area contributed by atoms with Gasteiger partial charge >= 0.3 is 0 Å². The van der Waals surface area contributed by atoms with Crippen LogP contribution in [-0.2, 0) is 4.79 Å². The van der Waals surface area contributed by atoms with Gasteiger partial charge in [-0.05, 0) is 0 Å². The third-order valence-corrected chi connectivity index (χ3v) is 2.10. The summed E-state index contributed by atoms with van der Waals surface area (Å²) in [5.74, 6) is -0.712. The molecule has 1 fully saturated rings. The number of aliphatic hydroxyl groups excluding tert-OH is 4. The van der Waals surface area contributed by atoms with Crippen LogP contribution in [0.4, 0.5) is 0 Å². The highest BCUT2D eigenvalue weighted by Crippen LogP contribution is 2.10.